The molecule has 1 N–H and O–H groups in total. The Labute approximate surface area is 117 Å². The van der Waals surface area contributed by atoms with Gasteiger partial charge in [0, 0.05) is 12.2 Å². The van der Waals surface area contributed by atoms with E-state index in [-0.39, 0.29) is 6.61 Å². The molecule has 0 saturated carbocycles. The first-order chi connectivity index (χ1) is 9.19. The summed E-state index contributed by atoms with van der Waals surface area (Å²) in [6.45, 7) is 4.26. The molecule has 4 nitrogen and oxygen atoms in total. The minimum atomic E-state index is 0.214. The molecule has 0 radical (unpaired) electrons. The fraction of sp³-hybridized carbons (Fsp3) is 0.429. The summed E-state index contributed by atoms with van der Waals surface area (Å²) >= 11 is 1.69. The van der Waals surface area contributed by atoms with Gasteiger partial charge >= 0.3 is 0 Å². The number of aromatic nitrogens is 2. The van der Waals surface area contributed by atoms with E-state index < -0.39 is 0 Å². The first-order valence-electron chi connectivity index (χ1n) is 6.27. The molecule has 1 aromatic heterocycles. The molecule has 2 aromatic rings. The zero-order chi connectivity index (χ0) is 13.7. The van der Waals surface area contributed by atoms with Crippen LogP contribution in [0.1, 0.15) is 18.4 Å². The molecule has 0 aliphatic rings. The summed E-state index contributed by atoms with van der Waals surface area (Å²) < 4.78 is 5.23. The lowest BCUT2D eigenvalue weighted by Gasteiger charge is -2.04. The SMILES string of the molecule is Cc1cccc(-c2noc(CSCC(C)CO)n2)c1. The summed E-state index contributed by atoms with van der Waals surface area (Å²) in [7, 11) is 0. The summed E-state index contributed by atoms with van der Waals surface area (Å²) in [5.41, 5.74) is 2.15. The number of nitrogens with zero attached hydrogens (tertiary/aromatic N) is 2. The minimum Gasteiger partial charge on any atom is -0.396 e. The van der Waals surface area contributed by atoms with Crippen molar-refractivity contribution < 1.29 is 9.63 Å². The van der Waals surface area contributed by atoms with Crippen molar-refractivity contribution in [2.45, 2.75) is 19.6 Å². The largest absolute Gasteiger partial charge is 0.396 e. The van der Waals surface area contributed by atoms with Gasteiger partial charge in [0.1, 0.15) is 0 Å². The molecular weight excluding hydrogens is 260 g/mol. The highest BCUT2D eigenvalue weighted by Crippen LogP contribution is 2.19. The third-order valence-corrected chi connectivity index (χ3v) is 3.94. The van der Waals surface area contributed by atoms with Crippen molar-refractivity contribution in [1.82, 2.24) is 10.1 Å². The van der Waals surface area contributed by atoms with Crippen LogP contribution in [0, 0.1) is 12.8 Å². The second kappa shape index (κ2) is 6.73. The molecule has 0 saturated heterocycles. The van der Waals surface area contributed by atoms with E-state index in [1.54, 1.807) is 11.8 Å². The second-order valence-electron chi connectivity index (χ2n) is 4.68. The molecule has 1 atom stereocenters. The van der Waals surface area contributed by atoms with E-state index in [9.17, 15) is 0 Å². The molecule has 0 bridgehead atoms. The fourth-order valence-corrected chi connectivity index (χ4v) is 2.53. The summed E-state index contributed by atoms with van der Waals surface area (Å²) in [5, 5.41) is 12.9. The van der Waals surface area contributed by atoms with Crippen LogP contribution in [0.5, 0.6) is 0 Å². The normalized spacial score (nSPS) is 12.6. The van der Waals surface area contributed by atoms with Gasteiger partial charge < -0.3 is 9.63 Å². The number of rotatable bonds is 6. The van der Waals surface area contributed by atoms with Gasteiger partial charge in [-0.1, -0.05) is 35.8 Å². The Balaban J connectivity index is 1.95. The van der Waals surface area contributed by atoms with Gasteiger partial charge in [0.25, 0.3) is 0 Å². The van der Waals surface area contributed by atoms with Crippen LogP contribution in [0.15, 0.2) is 28.8 Å². The summed E-state index contributed by atoms with van der Waals surface area (Å²) in [4.78, 5) is 4.38. The lowest BCUT2D eigenvalue weighted by atomic mass is 10.1. The molecule has 102 valence electrons. The van der Waals surface area contributed by atoms with Crippen molar-refractivity contribution in [3.05, 3.63) is 35.7 Å². The molecule has 1 aromatic carbocycles. The Morgan fingerprint density at radius 2 is 2.26 bits per heavy atom. The predicted octanol–water partition coefficient (Wildman–Crippen LogP) is 2.91. The molecule has 1 heterocycles. The number of hydrogen-bond acceptors (Lipinski definition) is 5. The molecular formula is C14H18N2O2S. The van der Waals surface area contributed by atoms with Crippen LogP contribution in [-0.4, -0.2) is 27.6 Å². The first kappa shape index (κ1) is 14.1. The van der Waals surface area contributed by atoms with Gasteiger partial charge in [-0.2, -0.15) is 16.7 Å². The standard InChI is InChI=1S/C14H18N2O2S/c1-10-4-3-5-12(6-10)14-15-13(18-16-14)9-19-8-11(2)7-17/h3-6,11,17H,7-9H2,1-2H3. The van der Waals surface area contributed by atoms with E-state index in [0.717, 1.165) is 11.3 Å². The maximum atomic E-state index is 8.95. The number of hydrogen-bond donors (Lipinski definition) is 1. The number of benzene rings is 1. The Morgan fingerprint density at radius 3 is 3.00 bits per heavy atom. The highest BCUT2D eigenvalue weighted by molar-refractivity contribution is 7.98. The van der Waals surface area contributed by atoms with Crippen molar-refractivity contribution >= 4 is 11.8 Å². The average molecular weight is 278 g/mol. The summed E-state index contributed by atoms with van der Waals surface area (Å²) in [6, 6.07) is 8.03. The monoisotopic (exact) mass is 278 g/mol. The number of aliphatic hydroxyl groups excluding tert-OH is 1. The highest BCUT2D eigenvalue weighted by atomic mass is 32.2. The van der Waals surface area contributed by atoms with E-state index in [0.29, 0.717) is 23.4 Å². The zero-order valence-corrected chi connectivity index (χ0v) is 12.0. The predicted molar refractivity (Wildman–Crippen MR) is 76.9 cm³/mol. The van der Waals surface area contributed by atoms with Crippen LogP contribution >= 0.6 is 11.8 Å². The maximum absolute atomic E-state index is 8.95. The van der Waals surface area contributed by atoms with Gasteiger partial charge in [-0.25, -0.2) is 0 Å². The van der Waals surface area contributed by atoms with Gasteiger partial charge in [-0.3, -0.25) is 0 Å². The maximum Gasteiger partial charge on any atom is 0.236 e. The number of aliphatic hydroxyl groups is 1. The molecule has 0 amide bonds. The summed E-state index contributed by atoms with van der Waals surface area (Å²) in [6.07, 6.45) is 0. The van der Waals surface area contributed by atoms with E-state index in [4.69, 9.17) is 9.63 Å². The smallest absolute Gasteiger partial charge is 0.236 e. The first-order valence-corrected chi connectivity index (χ1v) is 7.42. The van der Waals surface area contributed by atoms with Crippen molar-refractivity contribution in [1.29, 1.82) is 0 Å². The van der Waals surface area contributed by atoms with E-state index in [1.165, 1.54) is 5.56 Å². The highest BCUT2D eigenvalue weighted by Gasteiger charge is 2.09. The number of thioether (sulfide) groups is 1. The van der Waals surface area contributed by atoms with Crippen molar-refractivity contribution in [3.63, 3.8) is 0 Å². The van der Waals surface area contributed by atoms with Gasteiger partial charge in [0.2, 0.25) is 11.7 Å². The molecule has 0 spiro atoms. The van der Waals surface area contributed by atoms with Crippen LogP contribution in [0.3, 0.4) is 0 Å². The van der Waals surface area contributed by atoms with Crippen LogP contribution in [0.4, 0.5) is 0 Å². The average Bonchev–Trinajstić information content (AvgIpc) is 2.87. The summed E-state index contributed by atoms with van der Waals surface area (Å²) in [5.74, 6) is 3.13. The topological polar surface area (TPSA) is 59.2 Å². The van der Waals surface area contributed by atoms with Crippen molar-refractivity contribution in [3.8, 4) is 11.4 Å². The van der Waals surface area contributed by atoms with Gasteiger partial charge in [0.05, 0.1) is 5.75 Å². The minimum absolute atomic E-state index is 0.214. The quantitative estimate of drug-likeness (QED) is 0.880. The Hall–Kier alpha value is -1.33. The van der Waals surface area contributed by atoms with E-state index >= 15 is 0 Å². The molecule has 0 fully saturated rings. The third kappa shape index (κ3) is 4.08. The fourth-order valence-electron chi connectivity index (χ4n) is 1.62. The third-order valence-electron chi connectivity index (χ3n) is 2.68. The van der Waals surface area contributed by atoms with Crippen LogP contribution < -0.4 is 0 Å². The van der Waals surface area contributed by atoms with E-state index in [1.807, 2.05) is 38.1 Å². The van der Waals surface area contributed by atoms with Crippen LogP contribution in [-0.2, 0) is 5.75 Å². The Morgan fingerprint density at radius 1 is 1.42 bits per heavy atom. The molecule has 0 aliphatic heterocycles. The van der Waals surface area contributed by atoms with Gasteiger partial charge in [0.15, 0.2) is 0 Å². The molecule has 5 heteroatoms. The molecule has 1 unspecified atom stereocenters. The van der Waals surface area contributed by atoms with Gasteiger partial charge in [-0.15, -0.1) is 0 Å². The molecule has 19 heavy (non-hydrogen) atoms. The second-order valence-corrected chi connectivity index (χ2v) is 5.71. The lowest BCUT2D eigenvalue weighted by molar-refractivity contribution is 0.250. The van der Waals surface area contributed by atoms with Gasteiger partial charge in [-0.05, 0) is 24.7 Å². The molecule has 2 rings (SSSR count). The Bertz CT molecular complexity index is 528. The van der Waals surface area contributed by atoms with Crippen molar-refractivity contribution in [2.75, 3.05) is 12.4 Å². The molecule has 0 aliphatic carbocycles. The number of aryl methyl sites for hydroxylation is 1. The van der Waals surface area contributed by atoms with E-state index in [2.05, 4.69) is 10.1 Å². The van der Waals surface area contributed by atoms with Crippen LogP contribution in [0.25, 0.3) is 11.4 Å². The van der Waals surface area contributed by atoms with Crippen molar-refractivity contribution in [2.24, 2.45) is 5.92 Å². The lowest BCUT2D eigenvalue weighted by Crippen LogP contribution is -2.03. The zero-order valence-electron chi connectivity index (χ0n) is 11.2. The Kier molecular flexibility index (Phi) is 4.99. The van der Waals surface area contributed by atoms with Crippen LogP contribution in [0.2, 0.25) is 0 Å².